The number of thioether (sulfide) groups is 1. The summed E-state index contributed by atoms with van der Waals surface area (Å²) in [4.78, 5) is 39.8. The van der Waals surface area contributed by atoms with Crippen LogP contribution in [0.4, 0.5) is 5.69 Å². The number of fused-ring (bicyclic) bond motifs is 1. The topological polar surface area (TPSA) is 160 Å². The highest BCUT2D eigenvalue weighted by molar-refractivity contribution is 8.10. The lowest BCUT2D eigenvalue weighted by Gasteiger charge is -2.23. The highest BCUT2D eigenvalue weighted by Gasteiger charge is 2.38. The first-order valence-electron chi connectivity index (χ1n) is 11.0. The molecule has 0 fully saturated rings. The molecule has 0 bridgehead atoms. The number of aromatic nitrogens is 1. The number of hydrogen-bond acceptors (Lipinski definition) is 11. The van der Waals surface area contributed by atoms with Crippen molar-refractivity contribution in [3.05, 3.63) is 63.8 Å². The van der Waals surface area contributed by atoms with Crippen molar-refractivity contribution in [2.24, 2.45) is 0 Å². The molecule has 2 aromatic carbocycles. The van der Waals surface area contributed by atoms with Crippen molar-refractivity contribution in [1.82, 2.24) is 4.57 Å². The maximum absolute atomic E-state index is 13.9. The molecule has 12 heteroatoms. The molecule has 1 aromatic heterocycles. The zero-order valence-electron chi connectivity index (χ0n) is 20.8. The summed E-state index contributed by atoms with van der Waals surface area (Å²) in [6, 6.07) is 8.83. The Morgan fingerprint density at radius 3 is 2.16 bits per heavy atom. The van der Waals surface area contributed by atoms with Crippen molar-refractivity contribution in [1.29, 1.82) is 0 Å². The van der Waals surface area contributed by atoms with E-state index in [2.05, 4.69) is 0 Å². The molecule has 0 saturated heterocycles. The van der Waals surface area contributed by atoms with Gasteiger partial charge in [-0.05, 0) is 41.5 Å². The molecule has 0 radical (unpaired) electrons. The molecule has 3 aromatic rings. The number of aromatic hydroxyl groups is 2. The number of rotatable bonds is 6. The molecule has 0 spiro atoms. The van der Waals surface area contributed by atoms with Gasteiger partial charge < -0.3 is 34.9 Å². The van der Waals surface area contributed by atoms with Crippen molar-refractivity contribution in [3.8, 4) is 23.0 Å². The maximum atomic E-state index is 13.9. The summed E-state index contributed by atoms with van der Waals surface area (Å²) in [5.41, 5.74) is 6.95. The SMILES string of the molecule is COC(=O)C1=c2/c(=C/c3ccc(O)c(OC)c3)c(N)c(C(=O)OC)n2C(=O)[C@@H](c2ccc(O)c(OC)c2)S1. The number of nitrogens with two attached hydrogens (primary N) is 1. The minimum atomic E-state index is -1.03. The zero-order chi connectivity index (χ0) is 27.7. The number of anilines is 1. The van der Waals surface area contributed by atoms with Gasteiger partial charge in [-0.15, -0.1) is 0 Å². The summed E-state index contributed by atoms with van der Waals surface area (Å²) in [7, 11) is 5.09. The highest BCUT2D eigenvalue weighted by atomic mass is 32.2. The molecule has 0 unspecified atom stereocenters. The number of methoxy groups -OCH3 is 4. The van der Waals surface area contributed by atoms with Gasteiger partial charge in [0, 0.05) is 5.22 Å². The average molecular weight is 541 g/mol. The van der Waals surface area contributed by atoms with Gasteiger partial charge in [-0.2, -0.15) is 0 Å². The fourth-order valence-corrected chi connectivity index (χ4v) is 5.31. The third kappa shape index (κ3) is 4.39. The Morgan fingerprint density at radius 2 is 1.55 bits per heavy atom. The molecule has 4 N–H and O–H groups in total. The zero-order valence-corrected chi connectivity index (χ0v) is 21.6. The predicted molar refractivity (Wildman–Crippen MR) is 139 cm³/mol. The third-order valence-electron chi connectivity index (χ3n) is 5.91. The van der Waals surface area contributed by atoms with Crippen molar-refractivity contribution in [2.45, 2.75) is 5.25 Å². The number of phenolic OH excluding ortho intramolecular Hbond substituents is 2. The second-order valence-electron chi connectivity index (χ2n) is 8.02. The summed E-state index contributed by atoms with van der Waals surface area (Å²) >= 11 is 0.911. The van der Waals surface area contributed by atoms with E-state index in [0.717, 1.165) is 23.4 Å². The second-order valence-corrected chi connectivity index (χ2v) is 9.13. The van der Waals surface area contributed by atoms with E-state index in [-0.39, 0.29) is 49.9 Å². The van der Waals surface area contributed by atoms with Crippen LogP contribution in [-0.2, 0) is 14.3 Å². The van der Waals surface area contributed by atoms with Gasteiger partial charge in [0.25, 0.3) is 0 Å². The van der Waals surface area contributed by atoms with Gasteiger partial charge in [-0.25, -0.2) is 9.59 Å². The van der Waals surface area contributed by atoms with E-state index in [1.54, 1.807) is 12.1 Å². The van der Waals surface area contributed by atoms with Gasteiger partial charge >= 0.3 is 11.9 Å². The smallest absolute Gasteiger partial charge is 0.357 e. The fourth-order valence-electron chi connectivity index (χ4n) is 4.09. The molecular formula is C26H24N2O9S. The minimum absolute atomic E-state index is 0.0167. The Morgan fingerprint density at radius 1 is 0.947 bits per heavy atom. The van der Waals surface area contributed by atoms with Gasteiger partial charge in [0.1, 0.15) is 10.2 Å². The van der Waals surface area contributed by atoms with E-state index in [0.29, 0.717) is 11.1 Å². The summed E-state index contributed by atoms with van der Waals surface area (Å²) in [6.45, 7) is 0. The number of ether oxygens (including phenoxy) is 4. The van der Waals surface area contributed by atoms with Gasteiger partial charge in [-0.1, -0.05) is 23.9 Å². The lowest BCUT2D eigenvalue weighted by Crippen LogP contribution is -2.42. The lowest BCUT2D eigenvalue weighted by atomic mass is 10.1. The van der Waals surface area contributed by atoms with Gasteiger partial charge in [0.15, 0.2) is 28.7 Å². The van der Waals surface area contributed by atoms with Crippen molar-refractivity contribution < 1.29 is 43.5 Å². The molecule has 1 aliphatic heterocycles. The van der Waals surface area contributed by atoms with E-state index in [4.69, 9.17) is 24.7 Å². The first-order chi connectivity index (χ1) is 18.2. The molecule has 198 valence electrons. The number of carbonyl (C=O) groups excluding carboxylic acids is 3. The molecule has 1 atom stereocenters. The Hall–Kier alpha value is -4.58. The summed E-state index contributed by atoms with van der Waals surface area (Å²) in [6.07, 6.45) is 1.55. The van der Waals surface area contributed by atoms with Gasteiger partial charge in [-0.3, -0.25) is 9.36 Å². The first-order valence-corrected chi connectivity index (χ1v) is 11.9. The average Bonchev–Trinajstić information content (AvgIpc) is 3.21. The molecule has 0 amide bonds. The van der Waals surface area contributed by atoms with Crippen LogP contribution in [0, 0.1) is 0 Å². The molecule has 1 aliphatic rings. The number of carbonyl (C=O) groups is 3. The molecular weight excluding hydrogens is 516 g/mol. The van der Waals surface area contributed by atoms with Crippen molar-refractivity contribution in [2.75, 3.05) is 34.2 Å². The normalized spacial score (nSPS) is 15.2. The quantitative estimate of drug-likeness (QED) is 0.389. The van der Waals surface area contributed by atoms with Crippen LogP contribution in [0.15, 0.2) is 36.4 Å². The number of nitrogen functional groups attached to an aromatic ring is 1. The van der Waals surface area contributed by atoms with Gasteiger partial charge in [0.05, 0.1) is 39.5 Å². The van der Waals surface area contributed by atoms with Crippen molar-refractivity contribution >= 4 is 46.3 Å². The van der Waals surface area contributed by atoms with E-state index < -0.39 is 23.1 Å². The standard InChI is InChI=1S/C26H24N2O9S/c1-34-17-10-12(5-7-15(17)29)9-14-19(27)21(25(32)36-3)28-20(14)23(26(33)37-4)38-22(24(28)31)13-6-8-16(30)18(11-13)35-2/h5-11,22,29-30H,27H2,1-4H3/b14-9+/t22-/m1/s1. The van der Waals surface area contributed by atoms with Crippen LogP contribution in [0.1, 0.15) is 31.7 Å². The predicted octanol–water partition coefficient (Wildman–Crippen LogP) is 1.52. The summed E-state index contributed by atoms with van der Waals surface area (Å²) < 4.78 is 21.3. The molecule has 38 heavy (non-hydrogen) atoms. The van der Waals surface area contributed by atoms with Crippen LogP contribution >= 0.6 is 11.8 Å². The highest BCUT2D eigenvalue weighted by Crippen LogP contribution is 2.42. The Kier molecular flexibility index (Phi) is 7.26. The fraction of sp³-hybridized carbons (Fsp3) is 0.192. The molecule has 0 saturated carbocycles. The van der Waals surface area contributed by atoms with E-state index >= 15 is 0 Å². The van der Waals surface area contributed by atoms with Crippen LogP contribution in [0.25, 0.3) is 11.0 Å². The van der Waals surface area contributed by atoms with E-state index in [1.807, 2.05) is 0 Å². The second kappa shape index (κ2) is 10.4. The minimum Gasteiger partial charge on any atom is -0.504 e. The van der Waals surface area contributed by atoms with Crippen LogP contribution in [0.3, 0.4) is 0 Å². The number of phenols is 2. The van der Waals surface area contributed by atoms with Gasteiger partial charge in [0.2, 0.25) is 5.91 Å². The lowest BCUT2D eigenvalue weighted by molar-refractivity contribution is -0.133. The number of nitrogens with zero attached hydrogens (tertiary/aromatic N) is 1. The Bertz CT molecular complexity index is 1590. The largest absolute Gasteiger partial charge is 0.504 e. The monoisotopic (exact) mass is 540 g/mol. The molecule has 2 heterocycles. The maximum Gasteiger partial charge on any atom is 0.357 e. The van der Waals surface area contributed by atoms with Crippen LogP contribution in [0.5, 0.6) is 23.0 Å². The van der Waals surface area contributed by atoms with E-state index in [1.165, 1.54) is 51.7 Å². The van der Waals surface area contributed by atoms with Crippen LogP contribution < -0.4 is 25.8 Å². The van der Waals surface area contributed by atoms with Crippen LogP contribution in [0.2, 0.25) is 0 Å². The summed E-state index contributed by atoms with van der Waals surface area (Å²) in [5.74, 6) is -2.15. The number of benzene rings is 2. The molecule has 0 aliphatic carbocycles. The first kappa shape index (κ1) is 26.5. The summed E-state index contributed by atoms with van der Waals surface area (Å²) in [5, 5.41) is 19.2. The Labute approximate surface area is 220 Å². The number of esters is 2. The van der Waals surface area contributed by atoms with E-state index in [9.17, 15) is 24.6 Å². The Balaban J connectivity index is 2.09. The number of hydrogen-bond donors (Lipinski definition) is 3. The van der Waals surface area contributed by atoms with Crippen molar-refractivity contribution in [3.63, 3.8) is 0 Å². The third-order valence-corrected chi connectivity index (χ3v) is 7.22. The molecule has 4 rings (SSSR count). The molecule has 11 nitrogen and oxygen atoms in total. The van der Waals surface area contributed by atoms with Crippen LogP contribution in [-0.4, -0.2) is 61.1 Å².